The second-order valence-corrected chi connectivity index (χ2v) is 5.32. The van der Waals surface area contributed by atoms with Gasteiger partial charge in [-0.1, -0.05) is 20.8 Å². The van der Waals surface area contributed by atoms with Crippen LogP contribution in [-0.2, 0) is 35.3 Å². The van der Waals surface area contributed by atoms with Gasteiger partial charge in [0.1, 0.15) is 0 Å². The molecule has 0 aliphatic rings. The van der Waals surface area contributed by atoms with E-state index in [0.717, 1.165) is 20.9 Å². The molecule has 0 radical (unpaired) electrons. The first-order valence-electron chi connectivity index (χ1n) is 6.47. The third kappa shape index (κ3) is 86.1. The summed E-state index contributed by atoms with van der Waals surface area (Å²) in [6.45, 7) is 11.3. The molecule has 0 unspecified atom stereocenters. The van der Waals surface area contributed by atoms with Crippen LogP contribution in [0.25, 0.3) is 17.2 Å². The van der Waals surface area contributed by atoms with Gasteiger partial charge in [0.2, 0.25) is 0 Å². The van der Waals surface area contributed by atoms with Gasteiger partial charge in [0, 0.05) is 17.7 Å². The van der Waals surface area contributed by atoms with E-state index in [2.05, 4.69) is 24.1 Å². The third-order valence-electron chi connectivity index (χ3n) is 1.26. The number of hydrogen-bond acceptors (Lipinski definition) is 4. The molecule has 125 valence electrons. The zero-order chi connectivity index (χ0) is 18.1. The van der Waals surface area contributed by atoms with Crippen molar-refractivity contribution in [2.24, 2.45) is 3.34 Å². The van der Waals surface area contributed by atoms with E-state index in [1.807, 2.05) is 0 Å². The zero-order valence-electron chi connectivity index (χ0n) is 13.7. The average Bonchev–Trinajstić information content (AvgIpc) is 2.39. The van der Waals surface area contributed by atoms with Crippen LogP contribution in [0.5, 0.6) is 0 Å². The molecule has 0 aromatic rings. The maximum absolute atomic E-state index is 9.48. The van der Waals surface area contributed by atoms with Gasteiger partial charge in [-0.3, -0.25) is 0 Å². The molecule has 0 saturated heterocycles. The molecule has 0 heterocycles. The first kappa shape index (κ1) is 28.2. The van der Waals surface area contributed by atoms with Gasteiger partial charge >= 0.3 is 50.5 Å². The molecule has 0 aliphatic heterocycles. The summed E-state index contributed by atoms with van der Waals surface area (Å²) in [6.07, 6.45) is 1.000. The minimum atomic E-state index is -0.495. The van der Waals surface area contributed by atoms with Crippen LogP contribution in [0.2, 0.25) is 0 Å². The van der Waals surface area contributed by atoms with Gasteiger partial charge in [-0.05, 0) is 19.3 Å². The van der Waals surface area contributed by atoms with E-state index in [4.69, 9.17) is 17.2 Å². The molecule has 0 spiro atoms. The first-order chi connectivity index (χ1) is 9.37. The summed E-state index contributed by atoms with van der Waals surface area (Å²) < 4.78 is 4.13. The summed E-state index contributed by atoms with van der Waals surface area (Å²) in [5.74, 6) is -1.49. The number of carbonyl (C=O) groups excluding carboxylic acids is 3. The molecule has 0 aromatic heterocycles. The van der Waals surface area contributed by atoms with Crippen molar-refractivity contribution in [2.75, 3.05) is 0 Å². The second-order valence-electron chi connectivity index (χ2n) is 4.60. The molecule has 3 N–H and O–H groups in total. The van der Waals surface area contributed by atoms with Crippen LogP contribution in [0.3, 0.4) is 0 Å². The van der Waals surface area contributed by atoms with Crippen LogP contribution in [0.4, 0.5) is 0 Å². The van der Waals surface area contributed by atoms with Crippen LogP contribution in [0, 0.1) is 0 Å². The van der Waals surface area contributed by atoms with Crippen molar-refractivity contribution in [2.45, 2.75) is 66.3 Å². The van der Waals surface area contributed by atoms with E-state index in [-0.39, 0.29) is 5.54 Å². The van der Waals surface area contributed by atoms with Gasteiger partial charge in [-0.15, -0.1) is 0 Å². The Morgan fingerprint density at radius 1 is 0.810 bits per heavy atom. The molecule has 7 nitrogen and oxygen atoms in total. The van der Waals surface area contributed by atoms with Crippen molar-refractivity contribution in [1.82, 2.24) is 0 Å². The minimum absolute atomic E-state index is 0.216. The van der Waals surface area contributed by atoms with Gasteiger partial charge in [0.15, 0.2) is 0 Å². The second kappa shape index (κ2) is 19.0. The third-order valence-corrected chi connectivity index (χ3v) is 3.42. The number of amides is 3. The largest absolute Gasteiger partial charge is 0.668 e. The topological polar surface area (TPSA) is 135 Å². The number of hydrogen-bond donors (Lipinski definition) is 0. The maximum atomic E-state index is 9.48. The fourth-order valence-corrected chi connectivity index (χ4v) is 0. The fraction of sp³-hybridized carbons (Fsp3) is 0.769. The predicted octanol–water partition coefficient (Wildman–Crippen LogP) is 4.44. The van der Waals surface area contributed by atoms with E-state index >= 15 is 0 Å². The van der Waals surface area contributed by atoms with E-state index < -0.39 is 17.7 Å². The van der Waals surface area contributed by atoms with Crippen molar-refractivity contribution < 1.29 is 35.3 Å². The molecule has 0 fully saturated rings. The predicted molar refractivity (Wildman–Crippen MR) is 81.0 cm³/mol. The quantitative estimate of drug-likeness (QED) is 0.606. The van der Waals surface area contributed by atoms with Gasteiger partial charge in [0.25, 0.3) is 0 Å². The molecular weight excluding hydrogens is 441 g/mol. The number of nitrogens with one attached hydrogen (secondary N) is 3. The van der Waals surface area contributed by atoms with Crippen LogP contribution in [-0.4, -0.2) is 23.3 Å². The number of rotatable bonds is 3. The Kier molecular flexibility index (Phi) is 25.4. The van der Waals surface area contributed by atoms with Crippen molar-refractivity contribution in [3.05, 3.63) is 17.2 Å². The monoisotopic (exact) mass is 468 g/mol. The number of nitrogens with zero attached hydrogens (tertiary/aromatic N) is 1. The Balaban J connectivity index is -0.0000000921. The van der Waals surface area contributed by atoms with Crippen molar-refractivity contribution >= 4 is 17.7 Å². The van der Waals surface area contributed by atoms with Crippen molar-refractivity contribution in [3.8, 4) is 0 Å². The minimum Gasteiger partial charge on any atom is -0.668 e. The van der Waals surface area contributed by atoms with Crippen molar-refractivity contribution in [3.63, 3.8) is 0 Å². The summed E-state index contributed by atoms with van der Waals surface area (Å²) in [5, 5.41) is 0. The van der Waals surface area contributed by atoms with Crippen LogP contribution >= 0.6 is 0 Å². The summed E-state index contributed by atoms with van der Waals surface area (Å²) in [4.78, 5) is 28.4. The first-order valence-corrected chi connectivity index (χ1v) is 7.91. The zero-order valence-corrected chi connectivity index (χ0v) is 17.0. The van der Waals surface area contributed by atoms with Gasteiger partial charge in [-0.25, -0.2) is 0 Å². The van der Waals surface area contributed by atoms with Crippen LogP contribution in [0.15, 0.2) is 3.34 Å². The Hall–Kier alpha value is -1.05. The summed E-state index contributed by atoms with van der Waals surface area (Å²) in [5.41, 5.74) is 18.8. The maximum Gasteiger partial charge on any atom is 0.0484 e. The molecule has 0 aromatic carbocycles. The Labute approximate surface area is 140 Å². The standard InChI is InChI=1S/C4H9N.3C3H7NO.Ta/c1-4(2,3)5;3*1-2-3(4)5;/h1-3H3;3*2H2,1H3,(H2,4,5);/p-3. The van der Waals surface area contributed by atoms with Crippen molar-refractivity contribution in [1.29, 1.82) is 0 Å². The van der Waals surface area contributed by atoms with Gasteiger partial charge in [0.05, 0.1) is 0 Å². The molecule has 0 saturated carbocycles. The molecule has 3 amide bonds. The molecule has 0 atom stereocenters. The van der Waals surface area contributed by atoms with Gasteiger partial charge in [-0.2, -0.15) is 0 Å². The summed E-state index contributed by atoms with van der Waals surface area (Å²) >= 11 is 1.15. The van der Waals surface area contributed by atoms with Gasteiger partial charge < -0.3 is 31.6 Å². The molecular formula is C13H27N4O3Ta-3. The summed E-state index contributed by atoms with van der Waals surface area (Å²) in [7, 11) is 0. The molecule has 8 heteroatoms. The average molecular weight is 468 g/mol. The van der Waals surface area contributed by atoms with E-state index in [9.17, 15) is 14.4 Å². The molecule has 0 bridgehead atoms. The number of carbonyl (C=O) groups is 3. The van der Waals surface area contributed by atoms with E-state index in [1.165, 1.54) is 0 Å². The Morgan fingerprint density at radius 3 is 0.905 bits per heavy atom. The van der Waals surface area contributed by atoms with Crippen LogP contribution in [0.1, 0.15) is 60.8 Å². The smallest absolute Gasteiger partial charge is 0.0484 e. The Bertz CT molecular complexity index is 269. The van der Waals surface area contributed by atoms with E-state index in [1.54, 1.807) is 20.8 Å². The molecule has 21 heavy (non-hydrogen) atoms. The SMILES string of the molecule is CC(C)(C)[N]=[Ta].CCC([NH-])=O.CCC([NH-])=O.CCC([NH-])=O. The van der Waals surface area contributed by atoms with E-state index in [0.29, 0.717) is 19.3 Å². The molecule has 0 rings (SSSR count). The van der Waals surface area contributed by atoms with Crippen LogP contribution < -0.4 is 0 Å². The Morgan fingerprint density at radius 2 is 0.905 bits per heavy atom. The summed E-state index contributed by atoms with van der Waals surface area (Å²) in [6, 6.07) is 0. The normalized spacial score (nSPS) is 8.43. The fourth-order valence-electron chi connectivity index (χ4n) is 0. The molecule has 0 aliphatic carbocycles.